The summed E-state index contributed by atoms with van der Waals surface area (Å²) in [5.74, 6) is -0.708. The number of amides is 1. The van der Waals surface area contributed by atoms with Gasteiger partial charge >= 0.3 is 0 Å². The summed E-state index contributed by atoms with van der Waals surface area (Å²) < 4.78 is 37.6. The Labute approximate surface area is 137 Å². The maximum Gasteiger partial charge on any atom is 0.263 e. The van der Waals surface area contributed by atoms with Crippen molar-refractivity contribution in [3.63, 3.8) is 0 Å². The number of thiazole rings is 1. The van der Waals surface area contributed by atoms with Crippen molar-refractivity contribution in [2.45, 2.75) is 19.9 Å². The first kappa shape index (κ1) is 17.4. The molecule has 0 spiro atoms. The molecule has 6 nitrogen and oxygen atoms in total. The second-order valence-corrected chi connectivity index (χ2v) is 7.80. The molecule has 0 saturated carbocycles. The standard InChI is InChI=1S/C14H16FN3O3S2/c1-8(10-4-6-11(15)7-5-10)16-13(19)12-9(2)17-14(22-12)18-23(3,20)21/h4-8H,1-3H3,(H,16,19)(H,17,18)/t8-/m1/s1. The lowest BCUT2D eigenvalue weighted by Gasteiger charge is -2.13. The summed E-state index contributed by atoms with van der Waals surface area (Å²) in [4.78, 5) is 16.7. The van der Waals surface area contributed by atoms with Crippen LogP contribution in [0.15, 0.2) is 24.3 Å². The number of nitrogens with one attached hydrogen (secondary N) is 2. The van der Waals surface area contributed by atoms with Gasteiger partial charge in [-0.2, -0.15) is 0 Å². The quantitative estimate of drug-likeness (QED) is 0.860. The SMILES string of the molecule is Cc1nc(NS(C)(=O)=O)sc1C(=O)N[C@H](C)c1ccc(F)cc1. The molecule has 0 radical (unpaired) electrons. The number of benzene rings is 1. The highest BCUT2D eigenvalue weighted by Crippen LogP contribution is 2.24. The van der Waals surface area contributed by atoms with Crippen molar-refractivity contribution in [2.75, 3.05) is 11.0 Å². The lowest BCUT2D eigenvalue weighted by molar-refractivity contribution is 0.0943. The summed E-state index contributed by atoms with van der Waals surface area (Å²) in [6.45, 7) is 3.40. The Morgan fingerprint density at radius 3 is 2.48 bits per heavy atom. The Morgan fingerprint density at radius 1 is 1.30 bits per heavy atom. The van der Waals surface area contributed by atoms with Gasteiger partial charge in [0.15, 0.2) is 5.13 Å². The molecule has 0 aliphatic heterocycles. The molecule has 1 aromatic heterocycles. The number of carbonyl (C=O) groups is 1. The van der Waals surface area contributed by atoms with E-state index < -0.39 is 10.0 Å². The van der Waals surface area contributed by atoms with Gasteiger partial charge in [-0.3, -0.25) is 9.52 Å². The van der Waals surface area contributed by atoms with Crippen molar-refractivity contribution in [2.24, 2.45) is 0 Å². The molecule has 2 N–H and O–H groups in total. The zero-order valence-corrected chi connectivity index (χ0v) is 14.4. The third kappa shape index (κ3) is 4.73. The van der Waals surface area contributed by atoms with Gasteiger partial charge in [-0.1, -0.05) is 23.5 Å². The zero-order valence-electron chi connectivity index (χ0n) is 12.8. The molecule has 124 valence electrons. The highest BCUT2D eigenvalue weighted by atomic mass is 32.2. The summed E-state index contributed by atoms with van der Waals surface area (Å²) >= 11 is 0.961. The smallest absolute Gasteiger partial charge is 0.263 e. The van der Waals surface area contributed by atoms with E-state index in [1.54, 1.807) is 26.0 Å². The van der Waals surface area contributed by atoms with Crippen molar-refractivity contribution < 1.29 is 17.6 Å². The molecule has 1 heterocycles. The average Bonchev–Trinajstić information content (AvgIpc) is 2.77. The molecule has 1 atom stereocenters. The van der Waals surface area contributed by atoms with Gasteiger partial charge in [-0.15, -0.1) is 0 Å². The molecule has 0 unspecified atom stereocenters. The van der Waals surface area contributed by atoms with Crippen LogP contribution < -0.4 is 10.0 Å². The largest absolute Gasteiger partial charge is 0.345 e. The van der Waals surface area contributed by atoms with Crippen LogP contribution in [0, 0.1) is 12.7 Å². The molecule has 1 aromatic carbocycles. The van der Waals surface area contributed by atoms with Gasteiger partial charge in [0, 0.05) is 0 Å². The van der Waals surface area contributed by atoms with Crippen molar-refractivity contribution in [1.29, 1.82) is 0 Å². The number of aromatic nitrogens is 1. The van der Waals surface area contributed by atoms with Gasteiger partial charge in [0.2, 0.25) is 10.0 Å². The number of carbonyl (C=O) groups excluding carboxylic acids is 1. The topological polar surface area (TPSA) is 88.2 Å². The summed E-state index contributed by atoms with van der Waals surface area (Å²) in [6.07, 6.45) is 1.01. The average molecular weight is 357 g/mol. The van der Waals surface area contributed by atoms with E-state index in [-0.39, 0.29) is 22.9 Å². The van der Waals surface area contributed by atoms with Gasteiger partial charge in [-0.05, 0) is 31.5 Å². The molecule has 0 bridgehead atoms. The molecule has 9 heteroatoms. The third-order valence-electron chi connectivity index (χ3n) is 2.99. The van der Waals surface area contributed by atoms with Crippen LogP contribution in [0.1, 0.15) is 33.9 Å². The Kier molecular flexibility index (Phi) is 5.00. The van der Waals surface area contributed by atoms with Gasteiger partial charge in [0.25, 0.3) is 5.91 Å². The van der Waals surface area contributed by atoms with E-state index in [1.807, 2.05) is 0 Å². The van der Waals surface area contributed by atoms with Gasteiger partial charge in [-0.25, -0.2) is 17.8 Å². The minimum Gasteiger partial charge on any atom is -0.345 e. The molecule has 23 heavy (non-hydrogen) atoms. The second kappa shape index (κ2) is 6.63. The highest BCUT2D eigenvalue weighted by Gasteiger charge is 2.19. The molecular weight excluding hydrogens is 341 g/mol. The molecule has 2 aromatic rings. The van der Waals surface area contributed by atoms with Gasteiger partial charge < -0.3 is 5.32 Å². The van der Waals surface area contributed by atoms with Crippen LogP contribution in [0.4, 0.5) is 9.52 Å². The van der Waals surface area contributed by atoms with Crippen LogP contribution in [0.2, 0.25) is 0 Å². The van der Waals surface area contributed by atoms with E-state index in [4.69, 9.17) is 0 Å². The predicted molar refractivity (Wildman–Crippen MR) is 87.6 cm³/mol. The maximum absolute atomic E-state index is 12.9. The van der Waals surface area contributed by atoms with Crippen molar-refractivity contribution in [3.05, 3.63) is 46.2 Å². The fraction of sp³-hybridized carbons (Fsp3) is 0.286. The zero-order chi connectivity index (χ0) is 17.2. The number of halogens is 1. The number of nitrogens with zero attached hydrogens (tertiary/aromatic N) is 1. The van der Waals surface area contributed by atoms with E-state index >= 15 is 0 Å². The fourth-order valence-electron chi connectivity index (χ4n) is 1.91. The van der Waals surface area contributed by atoms with E-state index in [0.29, 0.717) is 10.6 Å². The van der Waals surface area contributed by atoms with Crippen LogP contribution in [-0.2, 0) is 10.0 Å². The lowest BCUT2D eigenvalue weighted by Crippen LogP contribution is -2.26. The van der Waals surface area contributed by atoms with E-state index in [9.17, 15) is 17.6 Å². The highest BCUT2D eigenvalue weighted by molar-refractivity contribution is 7.92. The molecular formula is C14H16FN3O3S2. The van der Waals surface area contributed by atoms with Crippen molar-refractivity contribution in [3.8, 4) is 0 Å². The maximum atomic E-state index is 12.9. The normalized spacial score (nSPS) is 12.7. The van der Waals surface area contributed by atoms with Crippen LogP contribution in [0.25, 0.3) is 0 Å². The first-order chi connectivity index (χ1) is 10.7. The number of hydrogen-bond acceptors (Lipinski definition) is 5. The molecule has 0 aliphatic rings. The first-order valence-corrected chi connectivity index (χ1v) is 9.38. The summed E-state index contributed by atoms with van der Waals surface area (Å²) in [5, 5.41) is 2.92. The fourth-order valence-corrected chi connectivity index (χ4v) is 3.61. The summed E-state index contributed by atoms with van der Waals surface area (Å²) in [5.41, 5.74) is 1.20. The lowest BCUT2D eigenvalue weighted by atomic mass is 10.1. The second-order valence-electron chi connectivity index (χ2n) is 5.05. The Bertz CT molecular complexity index is 816. The molecule has 0 fully saturated rings. The Balaban J connectivity index is 2.13. The van der Waals surface area contributed by atoms with Crippen LogP contribution in [-0.4, -0.2) is 25.6 Å². The number of anilines is 1. The predicted octanol–water partition coefficient (Wildman–Crippen LogP) is 2.45. The molecule has 0 aliphatic carbocycles. The Hall–Kier alpha value is -2.00. The van der Waals surface area contributed by atoms with E-state index in [1.165, 1.54) is 12.1 Å². The van der Waals surface area contributed by atoms with Crippen molar-refractivity contribution >= 4 is 32.4 Å². The summed E-state index contributed by atoms with van der Waals surface area (Å²) in [6, 6.07) is 5.51. The molecule has 1 amide bonds. The molecule has 0 saturated heterocycles. The number of hydrogen-bond donors (Lipinski definition) is 2. The number of sulfonamides is 1. The van der Waals surface area contributed by atoms with E-state index in [0.717, 1.165) is 23.2 Å². The third-order valence-corrected chi connectivity index (χ3v) is 4.76. The van der Waals surface area contributed by atoms with Gasteiger partial charge in [0.1, 0.15) is 10.7 Å². The Morgan fingerprint density at radius 2 is 1.91 bits per heavy atom. The van der Waals surface area contributed by atoms with Gasteiger partial charge in [0.05, 0.1) is 18.0 Å². The van der Waals surface area contributed by atoms with Crippen LogP contribution >= 0.6 is 11.3 Å². The monoisotopic (exact) mass is 357 g/mol. The van der Waals surface area contributed by atoms with E-state index in [2.05, 4.69) is 15.0 Å². The first-order valence-electron chi connectivity index (χ1n) is 6.67. The number of aryl methyl sites for hydroxylation is 1. The number of rotatable bonds is 5. The molecule has 2 rings (SSSR count). The minimum absolute atomic E-state index is 0.143. The minimum atomic E-state index is -3.45. The summed E-state index contributed by atoms with van der Waals surface area (Å²) in [7, 11) is -3.45. The van der Waals surface area contributed by atoms with Crippen LogP contribution in [0.3, 0.4) is 0 Å². The van der Waals surface area contributed by atoms with Crippen molar-refractivity contribution in [1.82, 2.24) is 10.3 Å². The van der Waals surface area contributed by atoms with Crippen LogP contribution in [0.5, 0.6) is 0 Å².